The summed E-state index contributed by atoms with van der Waals surface area (Å²) < 4.78 is 78.6. The highest BCUT2D eigenvalue weighted by Crippen LogP contribution is 2.51. The van der Waals surface area contributed by atoms with Gasteiger partial charge in [-0.3, -0.25) is 4.79 Å². The Morgan fingerprint density at radius 1 is 1.04 bits per heavy atom. The van der Waals surface area contributed by atoms with E-state index in [9.17, 15) is 31.2 Å². The fraction of sp³-hybridized carbons (Fsp3) is 0.556. The molecule has 0 spiro atoms. The highest BCUT2D eigenvalue weighted by atomic mass is 35.5. The Morgan fingerprint density at radius 3 is 2.38 bits per heavy atom. The molecule has 1 aliphatic heterocycles. The van der Waals surface area contributed by atoms with E-state index >= 15 is 0 Å². The molecule has 3 atom stereocenters. The van der Waals surface area contributed by atoms with Gasteiger partial charge in [-0.1, -0.05) is 30.2 Å². The van der Waals surface area contributed by atoms with Crippen molar-refractivity contribution in [1.29, 1.82) is 0 Å². The summed E-state index contributed by atoms with van der Waals surface area (Å²) in [6.07, 6.45) is 1.89. The van der Waals surface area contributed by atoms with Crippen molar-refractivity contribution in [3.05, 3.63) is 64.9 Å². The lowest BCUT2D eigenvalue weighted by Crippen LogP contribution is -2.45. The minimum Gasteiger partial charge on any atom is -0.477 e. The maximum Gasteiger partial charge on any atom is 0.410 e. The molecular formula is C36H45ClF3N5O6S. The summed E-state index contributed by atoms with van der Waals surface area (Å²) in [4.78, 5) is 31.5. The van der Waals surface area contributed by atoms with Gasteiger partial charge >= 0.3 is 12.3 Å². The number of aryl methyl sites for hydroxylation is 1. The highest BCUT2D eigenvalue weighted by Gasteiger charge is 2.55. The van der Waals surface area contributed by atoms with Crippen molar-refractivity contribution in [1.82, 2.24) is 24.4 Å². The van der Waals surface area contributed by atoms with Gasteiger partial charge < -0.3 is 14.4 Å². The van der Waals surface area contributed by atoms with Gasteiger partial charge in [-0.05, 0) is 115 Å². The Kier molecular flexibility index (Phi) is 11.5. The lowest BCUT2D eigenvalue weighted by molar-refractivity contribution is -0.151. The van der Waals surface area contributed by atoms with Crippen LogP contribution in [0, 0.1) is 17.8 Å². The number of alkyl halides is 3. The summed E-state index contributed by atoms with van der Waals surface area (Å²) in [7, 11) is -4.22. The maximum atomic E-state index is 13.0. The van der Waals surface area contributed by atoms with Crippen molar-refractivity contribution >= 4 is 33.6 Å². The molecule has 52 heavy (non-hydrogen) atoms. The van der Waals surface area contributed by atoms with Crippen LogP contribution in [-0.2, 0) is 21.2 Å². The molecule has 1 saturated heterocycles. The fourth-order valence-corrected chi connectivity index (χ4v) is 7.77. The van der Waals surface area contributed by atoms with E-state index in [-0.39, 0.29) is 58.4 Å². The Labute approximate surface area is 307 Å². The smallest absolute Gasteiger partial charge is 0.410 e. The van der Waals surface area contributed by atoms with Crippen molar-refractivity contribution in [3.63, 3.8) is 0 Å². The molecule has 2 fully saturated rings. The molecule has 1 N–H and O–H groups in total. The SMILES string of the molecule is CC(C)(C)OC(=O)N1CC(CCCCc2ccc(S(=O)(=O)NC(=O)c3ccc(-n4ccc(OCCC5CC5C(F)(F)F)n4)nc3Cl)cc2)CC1(C)C. The number of aromatic nitrogens is 3. The number of hydrogen-bond acceptors (Lipinski definition) is 8. The lowest BCUT2D eigenvalue weighted by atomic mass is 9.92. The van der Waals surface area contributed by atoms with Crippen LogP contribution in [-0.4, -0.2) is 70.6 Å². The predicted octanol–water partition coefficient (Wildman–Crippen LogP) is 7.76. The number of benzene rings is 1. The molecular weight excluding hydrogens is 723 g/mol. The van der Waals surface area contributed by atoms with Gasteiger partial charge in [0, 0.05) is 24.3 Å². The second-order valence-electron chi connectivity index (χ2n) is 15.2. The summed E-state index contributed by atoms with van der Waals surface area (Å²) in [5, 5.41) is 3.93. The standard InChI is InChI=1S/C36H45ClF3N5O6S/c1-34(2,3)51-33(47)44-22-24(21-35(44,4)5)9-7-6-8-23-10-12-26(13-11-23)52(48,49)43-32(46)27-14-15-29(41-31(27)37)45-18-16-30(42-45)50-19-17-25-20-28(25)36(38,39)40/h10-16,18,24-25,28H,6-9,17,19-22H2,1-5H3,(H,43,46). The third-order valence-electron chi connectivity index (χ3n) is 9.32. The number of rotatable bonds is 13. The molecule has 1 saturated carbocycles. The average molecular weight is 768 g/mol. The number of sulfonamides is 1. The molecule has 2 aliphatic rings. The summed E-state index contributed by atoms with van der Waals surface area (Å²) in [5.41, 5.74) is -0.0305. The average Bonchev–Trinajstić information content (AvgIpc) is 3.56. The molecule has 1 aliphatic carbocycles. The van der Waals surface area contributed by atoms with Crippen LogP contribution >= 0.6 is 11.6 Å². The number of carbonyl (C=O) groups is 2. The third-order valence-corrected chi connectivity index (χ3v) is 11.0. The van der Waals surface area contributed by atoms with E-state index in [0.717, 1.165) is 37.7 Å². The maximum absolute atomic E-state index is 13.0. The van der Waals surface area contributed by atoms with Gasteiger partial charge in [0.05, 0.1) is 23.0 Å². The number of hydrogen-bond donors (Lipinski definition) is 1. The largest absolute Gasteiger partial charge is 0.477 e. The van der Waals surface area contributed by atoms with Crippen LogP contribution < -0.4 is 9.46 Å². The number of carbonyl (C=O) groups excluding carboxylic acids is 2. The molecule has 3 unspecified atom stereocenters. The number of ether oxygens (including phenoxy) is 2. The van der Waals surface area contributed by atoms with Crippen molar-refractivity contribution in [2.75, 3.05) is 13.2 Å². The zero-order valence-corrected chi connectivity index (χ0v) is 31.4. The lowest BCUT2D eigenvalue weighted by Gasteiger charge is -2.33. The van der Waals surface area contributed by atoms with Crippen molar-refractivity contribution in [2.45, 2.75) is 102 Å². The van der Waals surface area contributed by atoms with Gasteiger partial charge in [0.15, 0.2) is 5.82 Å². The minimum absolute atomic E-state index is 0.0802. The Balaban J connectivity index is 1.07. The van der Waals surface area contributed by atoms with E-state index in [0.29, 0.717) is 12.5 Å². The van der Waals surface area contributed by atoms with E-state index in [1.54, 1.807) is 12.1 Å². The van der Waals surface area contributed by atoms with E-state index in [1.807, 2.05) is 30.4 Å². The van der Waals surface area contributed by atoms with Crippen molar-refractivity contribution < 1.29 is 40.7 Å². The van der Waals surface area contributed by atoms with Gasteiger partial charge in [-0.15, -0.1) is 5.10 Å². The molecule has 0 radical (unpaired) electrons. The number of unbranched alkanes of at least 4 members (excludes halogenated alkanes) is 1. The van der Waals surface area contributed by atoms with Crippen LogP contribution in [0.2, 0.25) is 5.15 Å². The van der Waals surface area contributed by atoms with Gasteiger partial charge in [-0.2, -0.15) is 13.2 Å². The third kappa shape index (κ3) is 10.2. The first-order valence-electron chi connectivity index (χ1n) is 17.3. The fourth-order valence-electron chi connectivity index (χ4n) is 6.57. The van der Waals surface area contributed by atoms with Gasteiger partial charge in [0.25, 0.3) is 15.9 Å². The van der Waals surface area contributed by atoms with Crippen LogP contribution in [0.3, 0.4) is 0 Å². The molecule has 16 heteroatoms. The topological polar surface area (TPSA) is 133 Å². The predicted molar refractivity (Wildman–Crippen MR) is 188 cm³/mol. The Bertz CT molecular complexity index is 1860. The van der Waals surface area contributed by atoms with Gasteiger partial charge in [0.1, 0.15) is 10.8 Å². The number of likely N-dealkylation sites (tertiary alicyclic amines) is 1. The van der Waals surface area contributed by atoms with E-state index in [1.165, 1.54) is 41.2 Å². The number of nitrogens with one attached hydrogen (secondary N) is 1. The van der Waals surface area contributed by atoms with Crippen LogP contribution in [0.4, 0.5) is 18.0 Å². The molecule has 1 aromatic carbocycles. The Morgan fingerprint density at radius 2 is 1.75 bits per heavy atom. The summed E-state index contributed by atoms with van der Waals surface area (Å²) in [5.74, 6) is -1.90. The van der Waals surface area contributed by atoms with Crippen molar-refractivity contribution in [2.24, 2.45) is 17.8 Å². The zero-order chi connectivity index (χ0) is 38.1. The number of halogens is 4. The summed E-state index contributed by atoms with van der Waals surface area (Å²) in [6, 6.07) is 10.6. The molecule has 0 bridgehead atoms. The van der Waals surface area contributed by atoms with E-state index < -0.39 is 39.5 Å². The molecule has 5 rings (SSSR count). The van der Waals surface area contributed by atoms with Gasteiger partial charge in [0.2, 0.25) is 5.88 Å². The van der Waals surface area contributed by atoms with Gasteiger partial charge in [-0.25, -0.2) is 27.6 Å². The first-order valence-corrected chi connectivity index (χ1v) is 19.2. The summed E-state index contributed by atoms with van der Waals surface area (Å²) >= 11 is 6.26. The molecule has 11 nitrogen and oxygen atoms in total. The second-order valence-corrected chi connectivity index (χ2v) is 17.2. The first kappa shape index (κ1) is 39.4. The number of pyridine rings is 1. The minimum atomic E-state index is -4.22. The quantitative estimate of drug-likeness (QED) is 0.138. The Hall–Kier alpha value is -3.85. The highest BCUT2D eigenvalue weighted by molar-refractivity contribution is 7.90. The first-order chi connectivity index (χ1) is 24.2. The van der Waals surface area contributed by atoms with E-state index in [4.69, 9.17) is 21.1 Å². The van der Waals surface area contributed by atoms with Crippen molar-refractivity contribution in [3.8, 4) is 11.7 Å². The van der Waals surface area contributed by atoms with Crippen LogP contribution in [0.5, 0.6) is 5.88 Å². The molecule has 284 valence electrons. The molecule has 2 aromatic heterocycles. The summed E-state index contributed by atoms with van der Waals surface area (Å²) in [6.45, 7) is 10.5. The van der Waals surface area contributed by atoms with Crippen LogP contribution in [0.25, 0.3) is 5.82 Å². The molecule has 2 amide bonds. The normalized spacial score (nSPS) is 20.1. The number of amides is 2. The molecule has 3 heterocycles. The second kappa shape index (κ2) is 15.2. The van der Waals surface area contributed by atoms with Crippen LogP contribution in [0.1, 0.15) is 89.1 Å². The monoisotopic (exact) mass is 767 g/mol. The zero-order valence-electron chi connectivity index (χ0n) is 29.9. The number of nitrogens with zero attached hydrogens (tertiary/aromatic N) is 4. The van der Waals surface area contributed by atoms with Crippen LogP contribution in [0.15, 0.2) is 53.6 Å². The molecule has 3 aromatic rings. The van der Waals surface area contributed by atoms with E-state index in [2.05, 4.69) is 23.9 Å².